The van der Waals surface area contributed by atoms with Gasteiger partial charge in [0.25, 0.3) is 0 Å². The van der Waals surface area contributed by atoms with Gasteiger partial charge < -0.3 is 0 Å². The molecule has 0 unspecified atom stereocenters. The van der Waals surface area contributed by atoms with Crippen molar-refractivity contribution in [2.45, 2.75) is 12.8 Å². The molecule has 0 aliphatic heterocycles. The van der Waals surface area contributed by atoms with E-state index in [0.717, 1.165) is 32.7 Å². The van der Waals surface area contributed by atoms with E-state index in [4.69, 9.17) is 23.2 Å². The Morgan fingerprint density at radius 3 is 2.85 bits per heavy atom. The summed E-state index contributed by atoms with van der Waals surface area (Å²) in [6, 6.07) is 7.64. The number of benzene rings is 1. The average molecular weight is 371 g/mol. The predicted molar refractivity (Wildman–Crippen MR) is 85.9 cm³/mol. The Hall–Kier alpha value is -1.10. The molecule has 0 N–H and O–H groups in total. The second kappa shape index (κ2) is 5.35. The summed E-state index contributed by atoms with van der Waals surface area (Å²) in [6.07, 6.45) is 1.81. The fourth-order valence-electron chi connectivity index (χ4n) is 2.11. The Balaban J connectivity index is 2.37. The molecule has 0 saturated heterocycles. The third kappa shape index (κ3) is 2.32. The highest BCUT2D eigenvalue weighted by Gasteiger charge is 2.15. The van der Waals surface area contributed by atoms with Crippen LogP contribution in [0.25, 0.3) is 16.9 Å². The topological polar surface area (TPSA) is 30.7 Å². The second-order valence-corrected chi connectivity index (χ2v) is 6.04. The minimum Gasteiger partial charge on any atom is -0.278 e. The smallest absolute Gasteiger partial charge is 0.164 e. The van der Waals surface area contributed by atoms with E-state index in [0.29, 0.717) is 5.02 Å². The highest BCUT2D eigenvalue weighted by Crippen LogP contribution is 2.29. The van der Waals surface area contributed by atoms with Crippen molar-refractivity contribution >= 4 is 50.3 Å². The molecule has 0 radical (unpaired) electrons. The minimum absolute atomic E-state index is 0.290. The fraction of sp³-hybridized carbons (Fsp3) is 0.143. The van der Waals surface area contributed by atoms with Crippen LogP contribution >= 0.6 is 39.1 Å². The van der Waals surface area contributed by atoms with E-state index in [1.165, 1.54) is 0 Å². The highest BCUT2D eigenvalue weighted by atomic mass is 79.9. The molecule has 0 aliphatic rings. The van der Waals surface area contributed by atoms with E-state index < -0.39 is 0 Å². The quantitative estimate of drug-likeness (QED) is 0.601. The molecular weight excluding hydrogens is 361 g/mol. The third-order valence-corrected chi connectivity index (χ3v) is 4.02. The number of aryl methyl sites for hydroxylation is 1. The Morgan fingerprint density at radius 1 is 1.30 bits per heavy atom. The van der Waals surface area contributed by atoms with Crippen LogP contribution in [0.2, 0.25) is 5.02 Å². The van der Waals surface area contributed by atoms with Gasteiger partial charge in [0.15, 0.2) is 5.65 Å². The summed E-state index contributed by atoms with van der Waals surface area (Å²) in [6.45, 7) is 1.98. The lowest BCUT2D eigenvalue weighted by molar-refractivity contribution is 0.969. The number of rotatable bonds is 2. The number of halogens is 3. The molecule has 0 amide bonds. The van der Waals surface area contributed by atoms with Crippen LogP contribution in [0.5, 0.6) is 0 Å². The molecule has 0 fully saturated rings. The number of hydrogen-bond donors (Lipinski definition) is 0. The van der Waals surface area contributed by atoms with Crippen LogP contribution in [0, 0.1) is 6.92 Å². The summed E-state index contributed by atoms with van der Waals surface area (Å²) in [5.41, 5.74) is 3.45. The summed E-state index contributed by atoms with van der Waals surface area (Å²) in [4.78, 5) is 9.00. The van der Waals surface area contributed by atoms with Gasteiger partial charge >= 0.3 is 0 Å². The zero-order chi connectivity index (χ0) is 14.3. The van der Waals surface area contributed by atoms with E-state index in [1.54, 1.807) is 0 Å². The number of hydrogen-bond acceptors (Lipinski definition) is 2. The number of fused-ring (bicyclic) bond motifs is 1. The van der Waals surface area contributed by atoms with Gasteiger partial charge in [0.2, 0.25) is 0 Å². The molecule has 6 heteroatoms. The zero-order valence-corrected chi connectivity index (χ0v) is 13.7. The first-order valence-electron chi connectivity index (χ1n) is 5.95. The lowest BCUT2D eigenvalue weighted by atomic mass is 10.3. The van der Waals surface area contributed by atoms with Crippen LogP contribution < -0.4 is 0 Å². The van der Waals surface area contributed by atoms with Crippen molar-refractivity contribution in [3.63, 3.8) is 0 Å². The van der Waals surface area contributed by atoms with Gasteiger partial charge in [-0.1, -0.05) is 27.5 Å². The third-order valence-electron chi connectivity index (χ3n) is 2.97. The Morgan fingerprint density at radius 2 is 2.10 bits per heavy atom. The summed E-state index contributed by atoms with van der Waals surface area (Å²) in [5, 5.41) is 0.626. The first kappa shape index (κ1) is 13.9. The normalized spacial score (nSPS) is 11.2. The molecule has 3 rings (SSSR count). The van der Waals surface area contributed by atoms with Crippen molar-refractivity contribution in [1.29, 1.82) is 0 Å². The van der Waals surface area contributed by atoms with Crippen molar-refractivity contribution in [2.75, 3.05) is 0 Å². The van der Waals surface area contributed by atoms with Crippen LogP contribution in [0.15, 0.2) is 34.9 Å². The van der Waals surface area contributed by atoms with E-state index in [-0.39, 0.29) is 5.88 Å². The Kier molecular flexibility index (Phi) is 3.71. The molecule has 3 nitrogen and oxygen atoms in total. The SMILES string of the molecule is Cc1cnc2c(c1)nc(CCl)n2-c1cc(Br)ccc1Cl. The Bertz CT molecular complexity index is 798. The molecule has 0 bridgehead atoms. The van der Waals surface area contributed by atoms with Gasteiger partial charge in [-0.05, 0) is 36.8 Å². The van der Waals surface area contributed by atoms with Gasteiger partial charge in [-0.3, -0.25) is 4.57 Å². The fourth-order valence-corrected chi connectivity index (χ4v) is 2.84. The maximum absolute atomic E-state index is 6.31. The lowest BCUT2D eigenvalue weighted by Gasteiger charge is -2.09. The van der Waals surface area contributed by atoms with Gasteiger partial charge in [-0.25, -0.2) is 9.97 Å². The maximum Gasteiger partial charge on any atom is 0.164 e. The van der Waals surface area contributed by atoms with Crippen molar-refractivity contribution in [3.05, 3.63) is 51.3 Å². The number of pyridine rings is 1. The number of aromatic nitrogens is 3. The van der Waals surface area contributed by atoms with Gasteiger partial charge in [0, 0.05) is 10.7 Å². The maximum atomic E-state index is 6.31. The molecular formula is C14H10BrCl2N3. The molecule has 3 aromatic rings. The lowest BCUT2D eigenvalue weighted by Crippen LogP contribution is -2.01. The van der Waals surface area contributed by atoms with E-state index in [9.17, 15) is 0 Å². The molecule has 0 aliphatic carbocycles. The number of nitrogens with zero attached hydrogens (tertiary/aromatic N) is 3. The molecule has 2 aromatic heterocycles. The van der Waals surface area contributed by atoms with Crippen molar-refractivity contribution < 1.29 is 0 Å². The monoisotopic (exact) mass is 369 g/mol. The second-order valence-electron chi connectivity index (χ2n) is 4.45. The molecule has 20 heavy (non-hydrogen) atoms. The molecule has 1 aromatic carbocycles. The van der Waals surface area contributed by atoms with Crippen LogP contribution in [0.3, 0.4) is 0 Å². The van der Waals surface area contributed by atoms with Crippen LogP contribution in [-0.2, 0) is 5.88 Å². The van der Waals surface area contributed by atoms with Gasteiger partial charge in [-0.15, -0.1) is 11.6 Å². The number of imidazole rings is 1. The standard InChI is InChI=1S/C14H10BrCl2N3/c1-8-4-11-14(18-7-8)20(13(6-16)19-11)12-5-9(15)2-3-10(12)17/h2-5,7H,6H2,1H3. The molecule has 2 heterocycles. The largest absolute Gasteiger partial charge is 0.278 e. The van der Waals surface area contributed by atoms with Crippen molar-refractivity contribution in [2.24, 2.45) is 0 Å². The van der Waals surface area contributed by atoms with Crippen LogP contribution in [0.1, 0.15) is 11.4 Å². The minimum atomic E-state index is 0.290. The van der Waals surface area contributed by atoms with Crippen molar-refractivity contribution in [3.8, 4) is 5.69 Å². The molecule has 0 spiro atoms. The first-order valence-corrected chi connectivity index (χ1v) is 7.66. The molecule has 102 valence electrons. The van der Waals surface area contributed by atoms with Crippen LogP contribution in [-0.4, -0.2) is 14.5 Å². The summed E-state index contributed by atoms with van der Waals surface area (Å²) in [5.74, 6) is 1.01. The van der Waals surface area contributed by atoms with Gasteiger partial charge in [0.05, 0.1) is 16.6 Å². The van der Waals surface area contributed by atoms with Gasteiger partial charge in [0.1, 0.15) is 11.3 Å². The molecule has 0 atom stereocenters. The Labute approximate surface area is 134 Å². The molecule has 0 saturated carbocycles. The first-order chi connectivity index (χ1) is 9.60. The predicted octanol–water partition coefficient (Wildman–Crippen LogP) is 4.88. The van der Waals surface area contributed by atoms with E-state index in [1.807, 2.05) is 42.0 Å². The van der Waals surface area contributed by atoms with Crippen molar-refractivity contribution in [1.82, 2.24) is 14.5 Å². The summed E-state index contributed by atoms with van der Waals surface area (Å²) < 4.78 is 2.83. The summed E-state index contributed by atoms with van der Waals surface area (Å²) in [7, 11) is 0. The summed E-state index contributed by atoms with van der Waals surface area (Å²) >= 11 is 15.8. The zero-order valence-electron chi connectivity index (χ0n) is 10.6. The van der Waals surface area contributed by atoms with Crippen LogP contribution in [0.4, 0.5) is 0 Å². The highest BCUT2D eigenvalue weighted by molar-refractivity contribution is 9.10. The average Bonchev–Trinajstić information content (AvgIpc) is 2.78. The van der Waals surface area contributed by atoms with Gasteiger partial charge in [-0.2, -0.15) is 0 Å². The van der Waals surface area contributed by atoms with E-state index >= 15 is 0 Å². The number of alkyl halides is 1. The van der Waals surface area contributed by atoms with E-state index in [2.05, 4.69) is 25.9 Å².